The normalized spacial score (nSPS) is 13.0. The van der Waals surface area contributed by atoms with Gasteiger partial charge in [-0.3, -0.25) is 9.59 Å². The van der Waals surface area contributed by atoms with Crippen molar-refractivity contribution in [1.82, 2.24) is 5.32 Å². The van der Waals surface area contributed by atoms with Gasteiger partial charge in [-0.15, -0.1) is 0 Å². The fourth-order valence-corrected chi connectivity index (χ4v) is 1.61. The zero-order valence-corrected chi connectivity index (χ0v) is 10.2. The molecule has 0 aromatic carbocycles. The van der Waals surface area contributed by atoms with E-state index in [2.05, 4.69) is 5.32 Å². The van der Waals surface area contributed by atoms with Gasteiger partial charge in [0.15, 0.2) is 0 Å². The summed E-state index contributed by atoms with van der Waals surface area (Å²) < 4.78 is 0. The van der Waals surface area contributed by atoms with Crippen LogP contribution in [-0.2, 0) is 9.59 Å². The van der Waals surface area contributed by atoms with Crippen molar-refractivity contribution >= 4 is 11.9 Å². The molecule has 0 saturated heterocycles. The smallest absolute Gasteiger partial charge is 0.303 e. The van der Waals surface area contributed by atoms with Crippen LogP contribution in [0.3, 0.4) is 0 Å². The number of carboxylic acids is 1. The molecule has 92 valence electrons. The summed E-state index contributed by atoms with van der Waals surface area (Å²) in [6.45, 7) is 6.28. The summed E-state index contributed by atoms with van der Waals surface area (Å²) in [7, 11) is 0. The van der Waals surface area contributed by atoms with E-state index < -0.39 is 5.97 Å². The lowest BCUT2D eigenvalue weighted by molar-refractivity contribution is -0.138. The first-order valence-electron chi connectivity index (χ1n) is 5.58. The van der Waals surface area contributed by atoms with Crippen LogP contribution in [0.1, 0.15) is 33.6 Å². The maximum Gasteiger partial charge on any atom is 0.303 e. The standard InChI is InChI=1S/C12H21NO3/c1-4-5-11(14)13-8-10(6-9(2)3)7-12(15)16/h4-5,9-10H,6-8H2,1-3H3,(H,13,14)(H,15,16)/t10-/m0/s1. The monoisotopic (exact) mass is 227 g/mol. The third-order valence-corrected chi connectivity index (χ3v) is 2.15. The van der Waals surface area contributed by atoms with Gasteiger partial charge in [0, 0.05) is 13.0 Å². The molecule has 4 heteroatoms. The molecule has 0 bridgehead atoms. The zero-order chi connectivity index (χ0) is 12.6. The molecule has 16 heavy (non-hydrogen) atoms. The second-order valence-corrected chi connectivity index (χ2v) is 4.34. The van der Waals surface area contributed by atoms with Crippen molar-refractivity contribution in [1.29, 1.82) is 0 Å². The van der Waals surface area contributed by atoms with Crippen LogP contribution >= 0.6 is 0 Å². The van der Waals surface area contributed by atoms with Crippen LogP contribution in [-0.4, -0.2) is 23.5 Å². The lowest BCUT2D eigenvalue weighted by atomic mass is 9.94. The molecule has 0 spiro atoms. The number of amides is 1. The summed E-state index contributed by atoms with van der Waals surface area (Å²) >= 11 is 0. The number of allylic oxidation sites excluding steroid dienone is 1. The van der Waals surface area contributed by atoms with Gasteiger partial charge in [-0.05, 0) is 31.3 Å². The van der Waals surface area contributed by atoms with Crippen molar-refractivity contribution in [3.05, 3.63) is 12.2 Å². The number of carboxylic acid groups (broad SMARTS) is 1. The fourth-order valence-electron chi connectivity index (χ4n) is 1.61. The third-order valence-electron chi connectivity index (χ3n) is 2.15. The minimum Gasteiger partial charge on any atom is -0.481 e. The first kappa shape index (κ1) is 14.7. The average molecular weight is 227 g/mol. The SMILES string of the molecule is CC=CC(=O)NC[C@H](CC(=O)O)CC(C)C. The van der Waals surface area contributed by atoms with Crippen LogP contribution in [0, 0.1) is 11.8 Å². The van der Waals surface area contributed by atoms with Crippen LogP contribution in [0.4, 0.5) is 0 Å². The van der Waals surface area contributed by atoms with Crippen LogP contribution in [0.2, 0.25) is 0 Å². The molecule has 1 atom stereocenters. The molecular weight excluding hydrogens is 206 g/mol. The third kappa shape index (κ3) is 8.03. The molecular formula is C12H21NO3. The van der Waals surface area contributed by atoms with E-state index in [1.165, 1.54) is 6.08 Å². The predicted octanol–water partition coefficient (Wildman–Crippen LogP) is 1.82. The van der Waals surface area contributed by atoms with Gasteiger partial charge in [0.25, 0.3) is 0 Å². The fraction of sp³-hybridized carbons (Fsp3) is 0.667. The second kappa shape index (κ2) is 7.91. The van der Waals surface area contributed by atoms with Gasteiger partial charge in [0.1, 0.15) is 0 Å². The Morgan fingerprint density at radius 2 is 2.00 bits per heavy atom. The van der Waals surface area contributed by atoms with Crippen molar-refractivity contribution in [2.45, 2.75) is 33.6 Å². The Labute approximate surface area is 96.7 Å². The minimum absolute atomic E-state index is 0.00621. The summed E-state index contributed by atoms with van der Waals surface area (Å²) in [5.41, 5.74) is 0. The number of carbonyl (C=O) groups excluding carboxylic acids is 1. The molecule has 0 unspecified atom stereocenters. The molecule has 0 aromatic rings. The van der Waals surface area contributed by atoms with Gasteiger partial charge in [0.05, 0.1) is 0 Å². The van der Waals surface area contributed by atoms with E-state index in [-0.39, 0.29) is 18.2 Å². The van der Waals surface area contributed by atoms with E-state index in [0.717, 1.165) is 6.42 Å². The van der Waals surface area contributed by atoms with E-state index in [0.29, 0.717) is 12.5 Å². The highest BCUT2D eigenvalue weighted by Gasteiger charge is 2.15. The van der Waals surface area contributed by atoms with Crippen molar-refractivity contribution < 1.29 is 14.7 Å². The number of hydrogen-bond acceptors (Lipinski definition) is 2. The molecule has 0 rings (SSSR count). The zero-order valence-electron chi connectivity index (χ0n) is 10.2. The molecule has 2 N–H and O–H groups in total. The first-order valence-corrected chi connectivity index (χ1v) is 5.58. The number of hydrogen-bond donors (Lipinski definition) is 2. The molecule has 0 aliphatic carbocycles. The lowest BCUT2D eigenvalue weighted by Crippen LogP contribution is -2.29. The Bertz CT molecular complexity index is 259. The van der Waals surface area contributed by atoms with Gasteiger partial charge in [-0.2, -0.15) is 0 Å². The molecule has 0 aliphatic heterocycles. The van der Waals surface area contributed by atoms with Crippen LogP contribution < -0.4 is 5.32 Å². The Morgan fingerprint density at radius 3 is 2.44 bits per heavy atom. The van der Waals surface area contributed by atoms with E-state index in [1.807, 2.05) is 13.8 Å². The number of aliphatic carboxylic acids is 1. The van der Waals surface area contributed by atoms with Crippen molar-refractivity contribution in [2.24, 2.45) is 11.8 Å². The van der Waals surface area contributed by atoms with Gasteiger partial charge in [0.2, 0.25) is 5.91 Å². The van der Waals surface area contributed by atoms with Crippen molar-refractivity contribution in [3.8, 4) is 0 Å². The second-order valence-electron chi connectivity index (χ2n) is 4.34. The molecule has 0 saturated carbocycles. The Hall–Kier alpha value is -1.32. The predicted molar refractivity (Wildman–Crippen MR) is 63.0 cm³/mol. The summed E-state index contributed by atoms with van der Waals surface area (Å²) in [6, 6.07) is 0. The Morgan fingerprint density at radius 1 is 1.38 bits per heavy atom. The summed E-state index contributed by atoms with van der Waals surface area (Å²) in [5.74, 6) is -0.540. The molecule has 1 amide bonds. The quantitative estimate of drug-likeness (QED) is 0.652. The number of nitrogens with one attached hydrogen (secondary N) is 1. The van der Waals surface area contributed by atoms with Crippen molar-refractivity contribution in [3.63, 3.8) is 0 Å². The first-order chi connectivity index (χ1) is 7.45. The number of carbonyl (C=O) groups is 2. The van der Waals surface area contributed by atoms with Gasteiger partial charge >= 0.3 is 5.97 Å². The maximum absolute atomic E-state index is 11.2. The molecule has 0 fully saturated rings. The lowest BCUT2D eigenvalue weighted by Gasteiger charge is -2.17. The minimum atomic E-state index is -0.814. The van der Waals surface area contributed by atoms with Crippen LogP contribution in [0.25, 0.3) is 0 Å². The van der Waals surface area contributed by atoms with Crippen molar-refractivity contribution in [2.75, 3.05) is 6.54 Å². The highest BCUT2D eigenvalue weighted by Crippen LogP contribution is 2.14. The summed E-state index contributed by atoms with van der Waals surface area (Å²) in [4.78, 5) is 21.8. The molecule has 0 aliphatic rings. The highest BCUT2D eigenvalue weighted by atomic mass is 16.4. The maximum atomic E-state index is 11.2. The summed E-state index contributed by atoms with van der Waals surface area (Å²) in [5, 5.41) is 11.4. The van der Waals surface area contributed by atoms with Gasteiger partial charge in [-0.1, -0.05) is 19.9 Å². The van der Waals surface area contributed by atoms with Crippen LogP contribution in [0.15, 0.2) is 12.2 Å². The largest absolute Gasteiger partial charge is 0.481 e. The Kier molecular flexibility index (Phi) is 7.25. The van der Waals surface area contributed by atoms with Gasteiger partial charge < -0.3 is 10.4 Å². The molecule has 4 nitrogen and oxygen atoms in total. The molecule has 0 heterocycles. The van der Waals surface area contributed by atoms with E-state index in [4.69, 9.17) is 5.11 Å². The average Bonchev–Trinajstić information content (AvgIpc) is 2.13. The summed E-state index contributed by atoms with van der Waals surface area (Å²) in [6.07, 6.45) is 4.01. The van der Waals surface area contributed by atoms with E-state index in [9.17, 15) is 9.59 Å². The van der Waals surface area contributed by atoms with Crippen LogP contribution in [0.5, 0.6) is 0 Å². The number of rotatable bonds is 7. The highest BCUT2D eigenvalue weighted by molar-refractivity contribution is 5.87. The van der Waals surface area contributed by atoms with E-state index in [1.54, 1.807) is 13.0 Å². The van der Waals surface area contributed by atoms with Gasteiger partial charge in [-0.25, -0.2) is 0 Å². The Balaban J connectivity index is 4.10. The molecule has 0 aromatic heterocycles. The topological polar surface area (TPSA) is 66.4 Å². The van der Waals surface area contributed by atoms with E-state index >= 15 is 0 Å². The molecule has 0 radical (unpaired) electrons.